The molecule has 0 saturated carbocycles. The summed E-state index contributed by atoms with van der Waals surface area (Å²) in [5.41, 5.74) is 0.373. The lowest BCUT2D eigenvalue weighted by Crippen LogP contribution is -2.48. The molecular formula is C19H38O8Si. The molecule has 166 valence electrons. The molecule has 0 aliphatic carbocycles. The number of hydrogen-bond donors (Lipinski definition) is 0. The number of carbonyl (C=O) groups is 1. The van der Waals surface area contributed by atoms with Crippen molar-refractivity contribution >= 4 is 14.8 Å². The van der Waals surface area contributed by atoms with E-state index in [2.05, 4.69) is 6.58 Å². The number of hydrogen-bond acceptors (Lipinski definition) is 8. The Hall–Kier alpha value is -0.813. The van der Waals surface area contributed by atoms with Gasteiger partial charge in [-0.2, -0.15) is 0 Å². The highest BCUT2D eigenvalue weighted by molar-refractivity contribution is 6.60. The second-order valence-electron chi connectivity index (χ2n) is 5.84. The first-order chi connectivity index (χ1) is 13.5. The third kappa shape index (κ3) is 14.2. The van der Waals surface area contributed by atoms with E-state index in [0.717, 1.165) is 0 Å². The first-order valence-electron chi connectivity index (χ1n) is 9.99. The summed E-state index contributed by atoms with van der Waals surface area (Å²) < 4.78 is 39.4. The molecule has 0 fully saturated rings. The Morgan fingerprint density at radius 3 is 1.54 bits per heavy atom. The van der Waals surface area contributed by atoms with Gasteiger partial charge in [-0.3, -0.25) is 0 Å². The number of carbonyl (C=O) groups excluding carboxylic acids is 1. The summed E-state index contributed by atoms with van der Waals surface area (Å²) in [6, 6.07) is 0.515. The minimum Gasteiger partial charge on any atom is -0.462 e. The average molecular weight is 423 g/mol. The molecule has 0 N–H and O–H groups in total. The van der Waals surface area contributed by atoms with Gasteiger partial charge in [0.15, 0.2) is 0 Å². The maximum Gasteiger partial charge on any atom is 0.501 e. The standard InChI is InChI=1S/C19H38O8Si/c1-6-21-11-14-25-28(26-15-12-22-7-2,27-16-13-23-8-3)17-9-10-24-19(20)18(4)5/h4,6-17H2,1-3,5H3. The molecule has 0 amide bonds. The van der Waals surface area contributed by atoms with Gasteiger partial charge in [-0.15, -0.1) is 0 Å². The number of rotatable bonds is 20. The summed E-state index contributed by atoms with van der Waals surface area (Å²) in [5.74, 6) is -0.404. The normalized spacial score (nSPS) is 11.6. The highest BCUT2D eigenvalue weighted by atomic mass is 28.4. The lowest BCUT2D eigenvalue weighted by Gasteiger charge is -2.30. The van der Waals surface area contributed by atoms with E-state index in [1.807, 2.05) is 20.8 Å². The second kappa shape index (κ2) is 18.2. The summed E-state index contributed by atoms with van der Waals surface area (Å²) in [6.07, 6.45) is 0.559. The van der Waals surface area contributed by atoms with Gasteiger partial charge in [0.1, 0.15) is 0 Å². The molecule has 0 spiro atoms. The van der Waals surface area contributed by atoms with Gasteiger partial charge in [0.05, 0.1) is 46.2 Å². The zero-order valence-electron chi connectivity index (χ0n) is 18.0. The molecule has 0 aliphatic rings. The van der Waals surface area contributed by atoms with E-state index in [9.17, 15) is 4.79 Å². The molecule has 0 aliphatic heterocycles. The van der Waals surface area contributed by atoms with Crippen molar-refractivity contribution in [3.8, 4) is 0 Å². The molecular weight excluding hydrogens is 384 g/mol. The summed E-state index contributed by atoms with van der Waals surface area (Å²) >= 11 is 0. The first-order valence-corrected chi connectivity index (χ1v) is 11.9. The third-order valence-corrected chi connectivity index (χ3v) is 6.37. The van der Waals surface area contributed by atoms with Crippen molar-refractivity contribution in [2.75, 3.05) is 66.1 Å². The van der Waals surface area contributed by atoms with Crippen molar-refractivity contribution in [3.05, 3.63) is 12.2 Å². The van der Waals surface area contributed by atoms with Crippen LogP contribution in [0.5, 0.6) is 0 Å². The molecule has 9 heteroatoms. The van der Waals surface area contributed by atoms with Crippen LogP contribution in [0.2, 0.25) is 6.04 Å². The monoisotopic (exact) mass is 422 g/mol. The van der Waals surface area contributed by atoms with Crippen LogP contribution in [0.25, 0.3) is 0 Å². The van der Waals surface area contributed by atoms with Gasteiger partial charge in [-0.25, -0.2) is 4.79 Å². The van der Waals surface area contributed by atoms with Crippen molar-refractivity contribution in [2.45, 2.75) is 40.2 Å². The van der Waals surface area contributed by atoms with Gasteiger partial charge >= 0.3 is 14.8 Å². The van der Waals surface area contributed by atoms with Crippen LogP contribution in [0.15, 0.2) is 12.2 Å². The third-order valence-electron chi connectivity index (χ3n) is 3.47. The molecule has 0 aromatic heterocycles. The Labute approximate surface area is 170 Å². The minimum atomic E-state index is -3.00. The molecule has 0 heterocycles. The Morgan fingerprint density at radius 2 is 1.18 bits per heavy atom. The predicted molar refractivity (Wildman–Crippen MR) is 108 cm³/mol. The van der Waals surface area contributed by atoms with Gasteiger partial charge in [0.2, 0.25) is 0 Å². The van der Waals surface area contributed by atoms with E-state index >= 15 is 0 Å². The summed E-state index contributed by atoms with van der Waals surface area (Å²) in [7, 11) is -3.00. The van der Waals surface area contributed by atoms with Crippen molar-refractivity contribution < 1.29 is 37.0 Å². The fourth-order valence-electron chi connectivity index (χ4n) is 2.12. The van der Waals surface area contributed by atoms with Crippen molar-refractivity contribution in [2.24, 2.45) is 0 Å². The average Bonchev–Trinajstić information content (AvgIpc) is 2.69. The molecule has 8 nitrogen and oxygen atoms in total. The SMILES string of the molecule is C=C(C)C(=O)OCCC[Si](OCCOCC)(OCCOCC)OCCOCC. The van der Waals surface area contributed by atoms with Crippen LogP contribution in [0.4, 0.5) is 0 Å². The van der Waals surface area contributed by atoms with Crippen LogP contribution in [0.3, 0.4) is 0 Å². The Bertz CT molecular complexity index is 374. The fraction of sp³-hybridized carbons (Fsp3) is 0.842. The van der Waals surface area contributed by atoms with Gasteiger partial charge in [-0.1, -0.05) is 6.58 Å². The van der Waals surface area contributed by atoms with E-state index < -0.39 is 14.8 Å². The Morgan fingerprint density at radius 1 is 0.750 bits per heavy atom. The number of ether oxygens (including phenoxy) is 4. The number of esters is 1. The molecule has 0 atom stereocenters. The van der Waals surface area contributed by atoms with E-state index in [0.29, 0.717) is 77.5 Å². The fourth-order valence-corrected chi connectivity index (χ4v) is 4.56. The van der Waals surface area contributed by atoms with Crippen LogP contribution in [-0.2, 0) is 37.0 Å². The summed E-state index contributed by atoms with van der Waals surface area (Å²) in [6.45, 7) is 15.6. The zero-order chi connectivity index (χ0) is 21.1. The molecule has 28 heavy (non-hydrogen) atoms. The van der Waals surface area contributed by atoms with Gasteiger partial charge < -0.3 is 32.2 Å². The van der Waals surface area contributed by atoms with E-state index in [4.69, 9.17) is 32.2 Å². The molecule has 0 unspecified atom stereocenters. The van der Waals surface area contributed by atoms with Crippen LogP contribution in [0, 0.1) is 0 Å². The topological polar surface area (TPSA) is 81.7 Å². The quantitative estimate of drug-likeness (QED) is 0.128. The smallest absolute Gasteiger partial charge is 0.462 e. The molecule has 0 rings (SSSR count). The highest BCUT2D eigenvalue weighted by Crippen LogP contribution is 2.19. The van der Waals surface area contributed by atoms with Gasteiger partial charge in [-0.05, 0) is 34.1 Å². The van der Waals surface area contributed by atoms with E-state index in [1.165, 1.54) is 0 Å². The molecule has 0 aromatic rings. The summed E-state index contributed by atoms with van der Waals surface area (Å²) in [4.78, 5) is 11.5. The lowest BCUT2D eigenvalue weighted by molar-refractivity contribution is -0.139. The Balaban J connectivity index is 4.79. The minimum absolute atomic E-state index is 0.249. The first kappa shape index (κ1) is 27.2. The largest absolute Gasteiger partial charge is 0.501 e. The van der Waals surface area contributed by atoms with E-state index in [-0.39, 0.29) is 6.61 Å². The molecule has 0 saturated heterocycles. The van der Waals surface area contributed by atoms with Crippen molar-refractivity contribution in [1.82, 2.24) is 0 Å². The van der Waals surface area contributed by atoms with Gasteiger partial charge in [0, 0.05) is 31.4 Å². The predicted octanol–water partition coefficient (Wildman–Crippen LogP) is 2.59. The Kier molecular flexibility index (Phi) is 17.7. The lowest BCUT2D eigenvalue weighted by atomic mass is 10.4. The zero-order valence-corrected chi connectivity index (χ0v) is 19.0. The maximum absolute atomic E-state index is 11.5. The van der Waals surface area contributed by atoms with Crippen LogP contribution < -0.4 is 0 Å². The molecule has 0 radical (unpaired) electrons. The van der Waals surface area contributed by atoms with Crippen LogP contribution >= 0.6 is 0 Å². The van der Waals surface area contributed by atoms with E-state index in [1.54, 1.807) is 6.92 Å². The van der Waals surface area contributed by atoms with Crippen LogP contribution in [-0.4, -0.2) is 80.8 Å². The van der Waals surface area contributed by atoms with Crippen molar-refractivity contribution in [3.63, 3.8) is 0 Å². The second-order valence-corrected chi connectivity index (χ2v) is 8.57. The van der Waals surface area contributed by atoms with Gasteiger partial charge in [0.25, 0.3) is 0 Å². The van der Waals surface area contributed by atoms with Crippen molar-refractivity contribution in [1.29, 1.82) is 0 Å². The highest BCUT2D eigenvalue weighted by Gasteiger charge is 2.41. The molecule has 0 bridgehead atoms. The molecule has 0 aromatic carbocycles. The van der Waals surface area contributed by atoms with Crippen LogP contribution in [0.1, 0.15) is 34.1 Å². The summed E-state index contributed by atoms with van der Waals surface area (Å²) in [5, 5.41) is 0. The maximum atomic E-state index is 11.5.